The molecule has 0 aliphatic rings. The molecule has 14 heavy (non-hydrogen) atoms. The molecule has 0 aliphatic heterocycles. The first-order chi connectivity index (χ1) is 6.86. The molecule has 0 bridgehead atoms. The molecule has 0 radical (unpaired) electrons. The first-order valence-corrected chi connectivity index (χ1v) is 4.92. The van der Waals surface area contributed by atoms with Crippen molar-refractivity contribution in [3.05, 3.63) is 36.5 Å². The van der Waals surface area contributed by atoms with E-state index in [4.69, 9.17) is 4.74 Å². The number of hydrogen-bond acceptors (Lipinski definition) is 2. The maximum Gasteiger partial charge on any atom is 0.119 e. The van der Waals surface area contributed by atoms with E-state index in [1.165, 1.54) is 6.42 Å². The summed E-state index contributed by atoms with van der Waals surface area (Å²) >= 11 is 0. The Balaban J connectivity index is 2.43. The van der Waals surface area contributed by atoms with E-state index in [0.29, 0.717) is 0 Å². The molecule has 76 valence electrons. The molecule has 2 nitrogen and oxygen atoms in total. The highest BCUT2D eigenvalue weighted by Crippen LogP contribution is 2.14. The van der Waals surface area contributed by atoms with Crippen LogP contribution in [0.4, 0.5) is 5.69 Å². The molecule has 1 N–H and O–H groups in total. The molecule has 0 amide bonds. The highest BCUT2D eigenvalue weighted by Gasteiger charge is 1.90. The maximum absolute atomic E-state index is 5.07. The lowest BCUT2D eigenvalue weighted by Gasteiger charge is -2.02. The smallest absolute Gasteiger partial charge is 0.119 e. The van der Waals surface area contributed by atoms with Gasteiger partial charge in [-0.2, -0.15) is 0 Å². The van der Waals surface area contributed by atoms with E-state index in [-0.39, 0.29) is 0 Å². The summed E-state index contributed by atoms with van der Waals surface area (Å²) in [6.45, 7) is 2.16. The van der Waals surface area contributed by atoms with Crippen molar-refractivity contribution in [1.29, 1.82) is 0 Å². The first kappa shape index (κ1) is 10.6. The standard InChI is InChI=1S/C12H17NO/c1-3-4-5-10-13-11-6-8-12(14-2)9-7-11/h5-10,13H,3-4H2,1-2H3/b10-5-. The monoisotopic (exact) mass is 191 g/mol. The van der Waals surface area contributed by atoms with E-state index in [1.807, 2.05) is 30.5 Å². The van der Waals surface area contributed by atoms with Crippen LogP contribution >= 0.6 is 0 Å². The van der Waals surface area contributed by atoms with Gasteiger partial charge in [0.15, 0.2) is 0 Å². The largest absolute Gasteiger partial charge is 0.497 e. The molecule has 0 aliphatic carbocycles. The number of hydrogen-bond donors (Lipinski definition) is 1. The second-order valence-corrected chi connectivity index (χ2v) is 3.06. The fraction of sp³-hybridized carbons (Fsp3) is 0.333. The molecule has 0 unspecified atom stereocenters. The molecule has 0 fully saturated rings. The number of nitrogens with one attached hydrogen (secondary N) is 1. The predicted octanol–water partition coefficient (Wildman–Crippen LogP) is 3.42. The van der Waals surface area contributed by atoms with E-state index in [2.05, 4.69) is 18.3 Å². The Labute approximate surface area is 85.6 Å². The average Bonchev–Trinajstić information content (AvgIpc) is 2.25. The van der Waals surface area contributed by atoms with Crippen LogP contribution in [0.15, 0.2) is 36.5 Å². The highest BCUT2D eigenvalue weighted by molar-refractivity contribution is 5.48. The molecule has 0 saturated carbocycles. The average molecular weight is 191 g/mol. The van der Waals surface area contributed by atoms with Gasteiger partial charge in [-0.1, -0.05) is 19.4 Å². The molecule has 1 rings (SSSR count). The van der Waals surface area contributed by atoms with Crippen molar-refractivity contribution in [1.82, 2.24) is 0 Å². The van der Waals surface area contributed by atoms with Gasteiger partial charge in [-0.3, -0.25) is 0 Å². The molecule has 0 spiro atoms. The van der Waals surface area contributed by atoms with Crippen molar-refractivity contribution in [2.24, 2.45) is 0 Å². The summed E-state index contributed by atoms with van der Waals surface area (Å²) in [5.74, 6) is 0.882. The van der Waals surface area contributed by atoms with Gasteiger partial charge in [0.1, 0.15) is 5.75 Å². The van der Waals surface area contributed by atoms with Crippen molar-refractivity contribution < 1.29 is 4.74 Å². The van der Waals surface area contributed by atoms with Crippen LogP contribution in [0.5, 0.6) is 5.75 Å². The van der Waals surface area contributed by atoms with Crippen LogP contribution in [0.1, 0.15) is 19.8 Å². The van der Waals surface area contributed by atoms with Gasteiger partial charge in [0.05, 0.1) is 7.11 Å². The van der Waals surface area contributed by atoms with Crippen LogP contribution < -0.4 is 10.1 Å². The molecule has 0 atom stereocenters. The second kappa shape index (κ2) is 6.08. The summed E-state index contributed by atoms with van der Waals surface area (Å²) < 4.78 is 5.07. The number of methoxy groups -OCH3 is 1. The minimum absolute atomic E-state index is 0.882. The first-order valence-electron chi connectivity index (χ1n) is 4.92. The van der Waals surface area contributed by atoms with Crippen LogP contribution in [0.2, 0.25) is 0 Å². The second-order valence-electron chi connectivity index (χ2n) is 3.06. The Bertz CT molecular complexity index is 277. The Morgan fingerprint density at radius 1 is 1.29 bits per heavy atom. The SMILES string of the molecule is CCC/C=C\Nc1ccc(OC)cc1. The summed E-state index contributed by atoms with van der Waals surface area (Å²) in [5, 5.41) is 3.19. The molecular weight excluding hydrogens is 174 g/mol. The summed E-state index contributed by atoms with van der Waals surface area (Å²) in [6, 6.07) is 7.87. The molecule has 0 saturated heterocycles. The Hall–Kier alpha value is -1.44. The van der Waals surface area contributed by atoms with Crippen molar-refractivity contribution in [2.45, 2.75) is 19.8 Å². The lowest BCUT2D eigenvalue weighted by atomic mass is 10.3. The zero-order chi connectivity index (χ0) is 10.2. The van der Waals surface area contributed by atoms with Gasteiger partial charge in [0, 0.05) is 5.69 Å². The lowest BCUT2D eigenvalue weighted by molar-refractivity contribution is 0.415. The summed E-state index contributed by atoms with van der Waals surface area (Å²) in [6.07, 6.45) is 6.40. The van der Waals surface area contributed by atoms with Gasteiger partial charge in [0.2, 0.25) is 0 Å². The number of unbranched alkanes of at least 4 members (excludes halogenated alkanes) is 1. The Kier molecular flexibility index (Phi) is 4.62. The topological polar surface area (TPSA) is 21.3 Å². The van der Waals surface area contributed by atoms with E-state index in [9.17, 15) is 0 Å². The third kappa shape index (κ3) is 3.52. The fourth-order valence-corrected chi connectivity index (χ4v) is 1.09. The van der Waals surface area contributed by atoms with Crippen molar-refractivity contribution >= 4 is 5.69 Å². The molecule has 1 aromatic rings. The van der Waals surface area contributed by atoms with E-state index >= 15 is 0 Å². The van der Waals surface area contributed by atoms with Gasteiger partial charge in [0.25, 0.3) is 0 Å². The zero-order valence-electron chi connectivity index (χ0n) is 8.79. The quantitative estimate of drug-likeness (QED) is 0.770. The van der Waals surface area contributed by atoms with E-state index in [0.717, 1.165) is 17.9 Å². The van der Waals surface area contributed by atoms with Gasteiger partial charge >= 0.3 is 0 Å². The van der Waals surface area contributed by atoms with Crippen LogP contribution in [-0.2, 0) is 0 Å². The van der Waals surface area contributed by atoms with Crippen LogP contribution in [0.3, 0.4) is 0 Å². The van der Waals surface area contributed by atoms with Crippen molar-refractivity contribution in [2.75, 3.05) is 12.4 Å². The van der Waals surface area contributed by atoms with Gasteiger partial charge < -0.3 is 10.1 Å². The number of allylic oxidation sites excluding steroid dienone is 1. The zero-order valence-corrected chi connectivity index (χ0v) is 8.79. The molecule has 0 aromatic heterocycles. The lowest BCUT2D eigenvalue weighted by Crippen LogP contribution is -1.87. The summed E-state index contributed by atoms with van der Waals surface area (Å²) in [5.41, 5.74) is 1.08. The summed E-state index contributed by atoms with van der Waals surface area (Å²) in [7, 11) is 1.67. The van der Waals surface area contributed by atoms with E-state index in [1.54, 1.807) is 7.11 Å². The molecule has 0 heterocycles. The van der Waals surface area contributed by atoms with Crippen LogP contribution in [0.25, 0.3) is 0 Å². The maximum atomic E-state index is 5.07. The van der Waals surface area contributed by atoms with Crippen molar-refractivity contribution in [3.63, 3.8) is 0 Å². The fourth-order valence-electron chi connectivity index (χ4n) is 1.09. The minimum Gasteiger partial charge on any atom is -0.497 e. The molecule has 1 aromatic carbocycles. The highest BCUT2D eigenvalue weighted by atomic mass is 16.5. The third-order valence-electron chi connectivity index (χ3n) is 1.91. The number of rotatable bonds is 5. The number of benzene rings is 1. The molecule has 2 heteroatoms. The normalized spacial score (nSPS) is 10.4. The molecular formula is C12H17NO. The van der Waals surface area contributed by atoms with E-state index < -0.39 is 0 Å². The van der Waals surface area contributed by atoms with Gasteiger partial charge in [-0.15, -0.1) is 0 Å². The Morgan fingerprint density at radius 3 is 2.57 bits per heavy atom. The Morgan fingerprint density at radius 2 is 2.00 bits per heavy atom. The van der Waals surface area contributed by atoms with Crippen molar-refractivity contribution in [3.8, 4) is 5.75 Å². The van der Waals surface area contributed by atoms with Gasteiger partial charge in [-0.25, -0.2) is 0 Å². The number of anilines is 1. The van der Waals surface area contributed by atoms with Crippen LogP contribution in [0, 0.1) is 0 Å². The minimum atomic E-state index is 0.882. The number of ether oxygens (including phenoxy) is 1. The predicted molar refractivity (Wildman–Crippen MR) is 60.7 cm³/mol. The van der Waals surface area contributed by atoms with Crippen LogP contribution in [-0.4, -0.2) is 7.11 Å². The third-order valence-corrected chi connectivity index (χ3v) is 1.91. The summed E-state index contributed by atoms with van der Waals surface area (Å²) in [4.78, 5) is 0. The van der Waals surface area contributed by atoms with Gasteiger partial charge in [-0.05, 0) is 36.9 Å².